The van der Waals surface area contributed by atoms with E-state index in [1.807, 2.05) is 58.0 Å². The van der Waals surface area contributed by atoms with Crippen molar-refractivity contribution in [1.29, 1.82) is 0 Å². The summed E-state index contributed by atoms with van der Waals surface area (Å²) in [5.41, 5.74) is 9.66. The van der Waals surface area contributed by atoms with Crippen molar-refractivity contribution in [3.63, 3.8) is 0 Å². The number of rotatable bonds is 19. The zero-order valence-corrected chi connectivity index (χ0v) is 43.3. The molecule has 6 unspecified atom stereocenters. The van der Waals surface area contributed by atoms with E-state index in [0.717, 1.165) is 41.5 Å². The molecule has 350 valence electrons. The van der Waals surface area contributed by atoms with Crippen molar-refractivity contribution in [3.05, 3.63) is 86.8 Å². The molecule has 66 heavy (non-hydrogen) atoms. The molecule has 5 heterocycles. The Morgan fingerprint density at radius 1 is 0.864 bits per heavy atom. The van der Waals surface area contributed by atoms with Crippen LogP contribution in [0.3, 0.4) is 0 Å². The summed E-state index contributed by atoms with van der Waals surface area (Å²) in [5.74, 6) is -1.17. The number of carbonyl (C=O) groups excluding carboxylic acids is 4. The standard InChI is InChI=1S/C55H73N4O6.Mg/c1-13-39-34(7)41-29-46-48(38(11)60)36(9)43(57-46)27-42-35(8)40(52(58-42)50-51(55(63)64-12)54(62)49-37(10)44(59-53(49)50)28-45(39)56-41)23-24-47(61)65-26-25-33(6)22-16-21-32(5)20-15-19-31(4)18-14-17-30(2)3;/h13,25,27-32,34-35,40,51H,14-24,26H2,1-12H3,(H-,56,57,58,59,60,62);/q-1;+2/p-1/b33-25+,39-13?;. The Kier molecular flexibility index (Phi) is 18.4. The van der Waals surface area contributed by atoms with Gasteiger partial charge in [0.15, 0.2) is 11.6 Å². The molecule has 3 aliphatic heterocycles. The van der Waals surface area contributed by atoms with Gasteiger partial charge in [-0.1, -0.05) is 127 Å². The Labute approximate surface area is 409 Å². The molecule has 10 nitrogen and oxygen atoms in total. The second kappa shape index (κ2) is 23.1. The monoisotopic (exact) mass is 909 g/mol. The number of allylic oxidation sites excluding steroid dienone is 5. The number of ketones is 2. The Bertz CT molecular complexity index is 2470. The van der Waals surface area contributed by atoms with Gasteiger partial charge < -0.3 is 19.4 Å². The van der Waals surface area contributed by atoms with Crippen molar-refractivity contribution in [2.75, 3.05) is 13.7 Å². The smallest absolute Gasteiger partial charge is 0.661 e. The first-order valence-electron chi connectivity index (χ1n) is 24.2. The summed E-state index contributed by atoms with van der Waals surface area (Å²) in [4.78, 5) is 74.8. The zero-order valence-electron chi connectivity index (χ0n) is 41.9. The number of aryl methyl sites for hydroxylation is 1. The van der Waals surface area contributed by atoms with Crippen LogP contribution in [0.1, 0.15) is 219 Å². The molecule has 0 aromatic carbocycles. The number of methoxy groups -OCH3 is 1. The van der Waals surface area contributed by atoms with Crippen LogP contribution in [-0.4, -0.2) is 70.2 Å². The molecular weight excluding hydrogens is 837 g/mol. The molecular formula is C55H72MgN4O6. The molecule has 6 rings (SSSR count). The Balaban J connectivity index is 0.00000817. The number of aromatic nitrogens is 4. The molecule has 0 amide bonds. The predicted octanol–water partition coefficient (Wildman–Crippen LogP) is 12.0. The van der Waals surface area contributed by atoms with Crippen LogP contribution in [0.2, 0.25) is 0 Å². The Hall–Kier alpha value is -4.35. The van der Waals surface area contributed by atoms with Crippen LogP contribution in [0.5, 0.6) is 0 Å². The average Bonchev–Trinajstić information content (AvgIpc) is 4.00. The van der Waals surface area contributed by atoms with Gasteiger partial charge in [0, 0.05) is 40.7 Å². The molecule has 1 aliphatic carbocycles. The summed E-state index contributed by atoms with van der Waals surface area (Å²) in [6, 6.07) is 5.67. The molecule has 0 N–H and O–H groups in total. The molecule has 0 radical (unpaired) electrons. The van der Waals surface area contributed by atoms with Crippen molar-refractivity contribution in [2.24, 2.45) is 17.8 Å². The van der Waals surface area contributed by atoms with Gasteiger partial charge in [0.25, 0.3) is 0 Å². The predicted molar refractivity (Wildman–Crippen MR) is 265 cm³/mol. The minimum Gasteiger partial charge on any atom is -0.661 e. The van der Waals surface area contributed by atoms with E-state index in [0.29, 0.717) is 74.1 Å². The van der Waals surface area contributed by atoms with Gasteiger partial charge in [-0.25, -0.2) is 4.98 Å². The van der Waals surface area contributed by atoms with Crippen molar-refractivity contribution < 1.29 is 28.7 Å². The quantitative estimate of drug-likeness (QED) is 0.0440. The maximum atomic E-state index is 14.4. The largest absolute Gasteiger partial charge is 2.00 e. The molecule has 0 fully saturated rings. The summed E-state index contributed by atoms with van der Waals surface area (Å²) in [7, 11) is 1.28. The van der Waals surface area contributed by atoms with Crippen LogP contribution in [0.25, 0.3) is 27.8 Å². The number of Topliss-reactive ketones (excluding diaryl/α,β-unsaturated/α-hetero) is 2. The van der Waals surface area contributed by atoms with Gasteiger partial charge in [-0.05, 0) is 89.2 Å². The SMILES string of the molecule is CC=C1c2cc3nc4c(c5nc(cc6[n-]c(cc([n-]2)C1C)c(C(C)=O)c6C)C(C)C5CCC(=O)OC/C=C(\C)CCCC(C)CCCC(C)CCCC(C)C)C(C(=O)OC)C(=O)C4=C3C.[Mg+2]. The van der Waals surface area contributed by atoms with E-state index in [1.165, 1.54) is 57.6 Å². The van der Waals surface area contributed by atoms with E-state index in [4.69, 9.17) is 29.4 Å². The van der Waals surface area contributed by atoms with E-state index in [1.54, 1.807) is 6.92 Å². The van der Waals surface area contributed by atoms with E-state index in [2.05, 4.69) is 41.5 Å². The Morgan fingerprint density at radius 2 is 1.53 bits per heavy atom. The molecule has 11 heteroatoms. The number of esters is 2. The maximum Gasteiger partial charge on any atom is 2.00 e. The molecule has 8 bridgehead atoms. The molecule has 0 saturated carbocycles. The van der Waals surface area contributed by atoms with Crippen LogP contribution >= 0.6 is 0 Å². The molecule has 0 saturated heterocycles. The van der Waals surface area contributed by atoms with E-state index in [-0.39, 0.29) is 71.4 Å². The molecule has 0 spiro atoms. The fourth-order valence-corrected chi connectivity index (χ4v) is 10.3. The first-order chi connectivity index (χ1) is 30.9. The van der Waals surface area contributed by atoms with Gasteiger partial charge in [0.1, 0.15) is 12.5 Å². The van der Waals surface area contributed by atoms with Crippen LogP contribution < -0.4 is 9.97 Å². The van der Waals surface area contributed by atoms with Crippen LogP contribution in [0.4, 0.5) is 0 Å². The number of fused-ring (bicyclic) bond motifs is 8. The van der Waals surface area contributed by atoms with Crippen LogP contribution in [-0.2, 0) is 23.9 Å². The fourth-order valence-electron chi connectivity index (χ4n) is 10.3. The topological polar surface area (TPSA) is 141 Å². The number of hydrogen-bond donors (Lipinski definition) is 0. The molecule has 6 atom stereocenters. The van der Waals surface area contributed by atoms with Gasteiger partial charge >= 0.3 is 35.0 Å². The fraction of sp³-hybridized carbons (Fsp3) is 0.564. The third-order valence-corrected chi connectivity index (χ3v) is 14.4. The third kappa shape index (κ3) is 11.7. The van der Waals surface area contributed by atoms with Gasteiger partial charge in [0.05, 0.1) is 24.2 Å². The van der Waals surface area contributed by atoms with Gasteiger partial charge in [-0.15, -0.1) is 16.7 Å². The normalized spacial score (nSPS) is 20.1. The van der Waals surface area contributed by atoms with E-state index < -0.39 is 11.9 Å². The zero-order chi connectivity index (χ0) is 47.3. The Morgan fingerprint density at radius 3 is 2.17 bits per heavy atom. The van der Waals surface area contributed by atoms with Gasteiger partial charge in [-0.2, -0.15) is 5.69 Å². The van der Waals surface area contributed by atoms with Crippen molar-refractivity contribution in [3.8, 4) is 0 Å². The van der Waals surface area contributed by atoms with Gasteiger partial charge in [-0.3, -0.25) is 24.2 Å². The van der Waals surface area contributed by atoms with E-state index >= 15 is 0 Å². The number of nitrogens with zero attached hydrogens (tertiary/aromatic N) is 4. The van der Waals surface area contributed by atoms with E-state index in [9.17, 15) is 19.2 Å². The second-order valence-electron chi connectivity index (χ2n) is 19.8. The summed E-state index contributed by atoms with van der Waals surface area (Å²) in [6.45, 7) is 23.0. The molecule has 2 aromatic heterocycles. The minimum absolute atomic E-state index is 0. The van der Waals surface area contributed by atoms with Gasteiger partial charge in [0.2, 0.25) is 0 Å². The summed E-state index contributed by atoms with van der Waals surface area (Å²) in [6.07, 6.45) is 15.7. The minimum atomic E-state index is -1.26. The first kappa shape index (κ1) is 52.6. The van der Waals surface area contributed by atoms with Crippen LogP contribution in [0.15, 0.2) is 35.9 Å². The maximum absolute atomic E-state index is 14.4. The number of carbonyl (C=O) groups is 4. The van der Waals surface area contributed by atoms with Crippen LogP contribution in [0, 0.1) is 24.7 Å². The summed E-state index contributed by atoms with van der Waals surface area (Å²) < 4.78 is 11.0. The van der Waals surface area contributed by atoms with Crippen molar-refractivity contribution in [1.82, 2.24) is 19.9 Å². The third-order valence-electron chi connectivity index (χ3n) is 14.4. The second-order valence-corrected chi connectivity index (χ2v) is 19.8. The molecule has 4 aliphatic rings. The summed E-state index contributed by atoms with van der Waals surface area (Å²) in [5, 5.41) is 0. The molecule has 2 aromatic rings. The average molecular weight is 910 g/mol. The first-order valence-corrected chi connectivity index (χ1v) is 24.2. The number of hydrogen-bond acceptors (Lipinski definition) is 8. The number of ether oxygens (including phenoxy) is 2. The van der Waals surface area contributed by atoms with Crippen molar-refractivity contribution in [2.45, 2.75) is 170 Å². The van der Waals surface area contributed by atoms with Crippen molar-refractivity contribution >= 4 is 74.3 Å². The summed E-state index contributed by atoms with van der Waals surface area (Å²) >= 11 is 0.